The van der Waals surface area contributed by atoms with E-state index in [4.69, 9.17) is 18.2 Å². The predicted molar refractivity (Wildman–Crippen MR) is 161 cm³/mol. The molecule has 6 rings (SSSR count). The topological polar surface area (TPSA) is 69.9 Å². The fourth-order valence-corrected chi connectivity index (χ4v) is 8.25. The third kappa shape index (κ3) is 4.54. The van der Waals surface area contributed by atoms with Gasteiger partial charge in [0.25, 0.3) is 7.37 Å². The molecule has 0 bridgehead atoms. The second-order valence-electron chi connectivity index (χ2n) is 11.5. The highest BCUT2D eigenvalue weighted by Gasteiger charge is 2.48. The number of fused-ring (bicyclic) bond motifs is 2. The highest BCUT2D eigenvalue weighted by atomic mass is 31.2. The zero-order valence-corrected chi connectivity index (χ0v) is 25.0. The monoisotopic (exact) mass is 621 g/mol. The van der Waals surface area contributed by atoms with Crippen LogP contribution in [-0.2, 0) is 9.09 Å². The van der Waals surface area contributed by atoms with E-state index in [9.17, 15) is 14.3 Å². The van der Waals surface area contributed by atoms with Crippen LogP contribution in [0.2, 0.25) is 0 Å². The van der Waals surface area contributed by atoms with Gasteiger partial charge in [-0.1, -0.05) is 13.0 Å². The number of hydrogen-bond donors (Lipinski definition) is 1. The van der Waals surface area contributed by atoms with Gasteiger partial charge in [0.15, 0.2) is 24.1 Å². The lowest BCUT2D eigenvalue weighted by atomic mass is 9.85. The van der Waals surface area contributed by atoms with Crippen LogP contribution < -0.4 is 10.2 Å². The molecule has 1 aliphatic carbocycles. The lowest BCUT2D eigenvalue weighted by molar-refractivity contribution is -0.640. The number of allylic oxidation sites excluding steroid dienone is 5. The fraction of sp³-hybridized carbons (Fsp3) is 0.394. The van der Waals surface area contributed by atoms with Crippen LogP contribution in [0.3, 0.4) is 0 Å². The van der Waals surface area contributed by atoms with Crippen molar-refractivity contribution < 1.29 is 50.4 Å². The lowest BCUT2D eigenvalue weighted by Crippen LogP contribution is -2.49. The summed E-state index contributed by atoms with van der Waals surface area (Å²) < 4.78 is 154. The summed E-state index contributed by atoms with van der Waals surface area (Å²) in [4.78, 5) is 13.0. The Bertz CT molecular complexity index is 2200. The van der Waals surface area contributed by atoms with Gasteiger partial charge >= 0.3 is 5.97 Å². The molecule has 3 aliphatic heterocycles. The smallest absolute Gasteiger partial charge is 0.339 e. The van der Waals surface area contributed by atoms with Gasteiger partial charge in [-0.2, -0.15) is 0 Å². The maximum atomic E-state index is 16.4. The Morgan fingerprint density at radius 1 is 1.16 bits per heavy atom. The molecule has 1 N–H and O–H groups in total. The van der Waals surface area contributed by atoms with Crippen molar-refractivity contribution in [3.63, 3.8) is 0 Å². The van der Waals surface area contributed by atoms with Crippen LogP contribution in [-0.4, -0.2) is 52.5 Å². The van der Waals surface area contributed by atoms with E-state index in [0.717, 1.165) is 35.8 Å². The minimum Gasteiger partial charge on any atom is -0.478 e. The van der Waals surface area contributed by atoms with Crippen molar-refractivity contribution in [1.29, 1.82) is 0 Å². The van der Waals surface area contributed by atoms with Crippen LogP contribution in [0.15, 0.2) is 47.3 Å². The average molecular weight is 622 g/mol. The van der Waals surface area contributed by atoms with Crippen LogP contribution in [0, 0.1) is 30.3 Å². The van der Waals surface area contributed by atoms with Crippen LogP contribution in [0.5, 0.6) is 0 Å². The van der Waals surface area contributed by atoms with E-state index in [-0.39, 0.29) is 27.8 Å². The van der Waals surface area contributed by atoms with Gasteiger partial charge in [-0.05, 0) is 70.3 Å². The van der Waals surface area contributed by atoms with E-state index in [0.29, 0.717) is 4.90 Å². The number of aromatic carboxylic acids is 1. The number of anilines is 1. The van der Waals surface area contributed by atoms with Crippen molar-refractivity contribution in [2.75, 3.05) is 24.4 Å². The van der Waals surface area contributed by atoms with Crippen molar-refractivity contribution in [2.24, 2.45) is 5.89 Å². The number of carboxylic acid groups (broad SMARTS) is 1. The van der Waals surface area contributed by atoms with Gasteiger partial charge < -0.3 is 14.5 Å². The molecule has 10 heteroatoms. The van der Waals surface area contributed by atoms with E-state index >= 15 is 13.3 Å². The van der Waals surface area contributed by atoms with Crippen LogP contribution in [0.1, 0.15) is 81.7 Å². The second-order valence-corrected chi connectivity index (χ2v) is 13.7. The Labute approximate surface area is 263 Å². The Balaban J connectivity index is 1.80. The quantitative estimate of drug-likeness (QED) is 0.231. The minimum absolute atomic E-state index is 0.100. The maximum Gasteiger partial charge on any atom is 0.339 e. The largest absolute Gasteiger partial charge is 0.478 e. The summed E-state index contributed by atoms with van der Waals surface area (Å²) >= 11 is 0. The number of benzene rings is 2. The molecular formula is C33H35F3N2O4P+. The number of hydrogen-bond acceptors (Lipinski definition) is 4. The first-order valence-electron chi connectivity index (χ1n) is 18.3. The van der Waals surface area contributed by atoms with E-state index in [2.05, 4.69) is 0 Å². The van der Waals surface area contributed by atoms with Gasteiger partial charge in [0.05, 0.1) is 22.1 Å². The molecule has 0 spiro atoms. The number of carbonyl (C=O) groups is 1. The fourth-order valence-electron chi connectivity index (χ4n) is 5.42. The molecule has 6 nitrogen and oxygen atoms in total. The van der Waals surface area contributed by atoms with Crippen molar-refractivity contribution in [3.05, 3.63) is 87.0 Å². The number of halogens is 3. The molecule has 2 saturated heterocycles. The molecule has 0 saturated carbocycles. The van der Waals surface area contributed by atoms with Gasteiger partial charge in [-0.15, -0.1) is 0 Å². The molecule has 4 aliphatic rings. The minimum atomic E-state index is -4.68. The van der Waals surface area contributed by atoms with Gasteiger partial charge in [-0.3, -0.25) is 4.57 Å². The van der Waals surface area contributed by atoms with Gasteiger partial charge in [0, 0.05) is 57.1 Å². The SMILES string of the molecule is [2H]C1([2H])N(c2ccc3c(c2)P(=O)(OC(C)(C)C)C2=CC(=[N+]4C([2H])([2H])C([2H])(C)C4([2H])C)C=CC2=C3c2c(F)c(C)c(F)c(F)c2C(=O)O)C([2H])([2H])C1([2H])[2H]. The van der Waals surface area contributed by atoms with Crippen molar-refractivity contribution >= 4 is 35.6 Å². The van der Waals surface area contributed by atoms with Crippen LogP contribution in [0.4, 0.5) is 18.9 Å². The molecule has 2 aromatic rings. The molecule has 2 aromatic carbocycles. The molecule has 226 valence electrons. The first-order chi connectivity index (χ1) is 23.8. The van der Waals surface area contributed by atoms with Gasteiger partial charge in [-0.25, -0.2) is 22.5 Å². The van der Waals surface area contributed by atoms with E-state index in [1.165, 1.54) is 46.8 Å². The molecular weight excluding hydrogens is 576 g/mol. The van der Waals surface area contributed by atoms with Gasteiger partial charge in [0.2, 0.25) is 5.71 Å². The molecule has 43 heavy (non-hydrogen) atoms. The van der Waals surface area contributed by atoms with E-state index < -0.39 is 102 Å². The summed E-state index contributed by atoms with van der Waals surface area (Å²) in [5, 5.41) is 9.40. The summed E-state index contributed by atoms with van der Waals surface area (Å²) in [6.45, 7) is -0.418. The van der Waals surface area contributed by atoms with E-state index in [1.54, 1.807) is 0 Å². The Hall–Kier alpha value is -3.42. The summed E-state index contributed by atoms with van der Waals surface area (Å²) in [6.07, 6.45) is 0.595. The van der Waals surface area contributed by atoms with Crippen molar-refractivity contribution in [3.8, 4) is 0 Å². The first kappa shape index (κ1) is 19.8. The summed E-state index contributed by atoms with van der Waals surface area (Å²) in [7, 11) is -4.68. The summed E-state index contributed by atoms with van der Waals surface area (Å²) in [6, 6.07) is 1.33. The summed E-state index contributed by atoms with van der Waals surface area (Å²) in [5.74, 6) is -9.19. The highest BCUT2D eigenvalue weighted by molar-refractivity contribution is 7.71. The standard InChI is InChI=1S/C33H34F3N2O4P/c1-17-16-38(19(17)3)21-9-11-23-25(15-21)43(41,42-33(4,5)6)24-14-20(37-12-7-13-37)8-10-22(24)26(23)27-28(32(39)40)31(36)30(35)18(2)29(27)34/h8-11,14-15,17,19H,7,12-13,16H2,1-6H3/p+1/i7D2,12D2,13D2,16D2,17D,19D. The number of carboxylic acids is 1. The number of rotatable bonds is 4. The van der Waals surface area contributed by atoms with E-state index in [1.807, 2.05) is 0 Å². The normalized spacial score (nSPS) is 38.0. The zero-order valence-electron chi connectivity index (χ0n) is 34.1. The Kier molecular flexibility index (Phi) is 4.63. The van der Waals surface area contributed by atoms with Crippen molar-refractivity contribution in [2.45, 2.75) is 59.5 Å². The molecule has 0 aromatic heterocycles. The summed E-state index contributed by atoms with van der Waals surface area (Å²) in [5.41, 5.74) is -5.87. The Morgan fingerprint density at radius 3 is 2.49 bits per heavy atom. The highest BCUT2D eigenvalue weighted by Crippen LogP contribution is 2.65. The molecule has 0 radical (unpaired) electrons. The van der Waals surface area contributed by atoms with Crippen LogP contribution >= 0.6 is 7.37 Å². The Morgan fingerprint density at radius 2 is 1.86 bits per heavy atom. The zero-order chi connectivity index (χ0) is 40.2. The molecule has 3 unspecified atom stereocenters. The third-order valence-corrected chi connectivity index (χ3v) is 10.4. The molecule has 0 amide bonds. The molecule has 2 fully saturated rings. The number of nitrogens with zero attached hydrogens (tertiary/aromatic N) is 2. The van der Waals surface area contributed by atoms with Crippen LogP contribution in [0.25, 0.3) is 5.57 Å². The first-order valence-corrected chi connectivity index (χ1v) is 15.0. The predicted octanol–water partition coefficient (Wildman–Crippen LogP) is 6.80. The average Bonchev–Trinajstić information content (AvgIpc) is 3.01. The maximum absolute atomic E-state index is 16.4. The lowest BCUT2D eigenvalue weighted by Gasteiger charge is -2.39. The van der Waals surface area contributed by atoms with Gasteiger partial charge in [0.1, 0.15) is 15.5 Å². The third-order valence-electron chi connectivity index (χ3n) is 7.55. The molecule has 3 atom stereocenters. The van der Waals surface area contributed by atoms with Crippen molar-refractivity contribution in [1.82, 2.24) is 0 Å². The second kappa shape index (κ2) is 10.1. The molecule has 3 heterocycles.